The van der Waals surface area contributed by atoms with E-state index in [1.54, 1.807) is 0 Å². The second-order valence-corrected chi connectivity index (χ2v) is 9.17. The fourth-order valence-electron chi connectivity index (χ4n) is 5.32. The van der Waals surface area contributed by atoms with Crippen LogP contribution in [-0.4, -0.2) is 68.5 Å². The summed E-state index contributed by atoms with van der Waals surface area (Å²) in [6.07, 6.45) is 11.0. The van der Waals surface area contributed by atoms with Crippen molar-refractivity contribution < 1.29 is 9.53 Å². The maximum absolute atomic E-state index is 11.4. The fourth-order valence-corrected chi connectivity index (χ4v) is 5.32. The number of amides is 1. The Bertz CT molecular complexity index is 633. The van der Waals surface area contributed by atoms with E-state index in [0.717, 1.165) is 37.7 Å². The second kappa shape index (κ2) is 9.79. The summed E-state index contributed by atoms with van der Waals surface area (Å²) in [4.78, 5) is 20.7. The molecule has 0 radical (unpaired) electrons. The van der Waals surface area contributed by atoms with Crippen molar-refractivity contribution >= 4 is 12.8 Å². The SMILES string of the molecule is C=N/C(=C(C)/C=C/C)N1CC2(CCN(CC3CCC(NC(=O)OC)CC3)CC2)C1. The normalized spacial score (nSPS) is 28.0. The Balaban J connectivity index is 1.39. The van der Waals surface area contributed by atoms with Gasteiger partial charge < -0.3 is 19.9 Å². The highest BCUT2D eigenvalue weighted by Crippen LogP contribution is 2.43. The summed E-state index contributed by atoms with van der Waals surface area (Å²) in [5, 5.41) is 2.95. The Morgan fingerprint density at radius 2 is 1.90 bits per heavy atom. The molecule has 0 aromatic heterocycles. The molecule has 1 spiro atoms. The zero-order valence-corrected chi connectivity index (χ0v) is 18.5. The van der Waals surface area contributed by atoms with Crippen LogP contribution in [0.4, 0.5) is 4.79 Å². The molecule has 0 unspecified atom stereocenters. The van der Waals surface area contributed by atoms with Crippen LogP contribution >= 0.6 is 0 Å². The minimum Gasteiger partial charge on any atom is -0.453 e. The predicted molar refractivity (Wildman–Crippen MR) is 118 cm³/mol. The summed E-state index contributed by atoms with van der Waals surface area (Å²) in [7, 11) is 1.43. The van der Waals surface area contributed by atoms with Crippen LogP contribution in [0.25, 0.3) is 0 Å². The van der Waals surface area contributed by atoms with Gasteiger partial charge in [-0.15, -0.1) is 0 Å². The van der Waals surface area contributed by atoms with Gasteiger partial charge in [0.15, 0.2) is 0 Å². The van der Waals surface area contributed by atoms with Gasteiger partial charge in [0.1, 0.15) is 5.82 Å². The molecule has 1 amide bonds. The molecule has 0 aromatic rings. The molecule has 3 fully saturated rings. The molecule has 1 N–H and O–H groups in total. The van der Waals surface area contributed by atoms with Crippen LogP contribution in [0, 0.1) is 11.3 Å². The molecule has 1 aliphatic carbocycles. The topological polar surface area (TPSA) is 57.2 Å². The zero-order chi connectivity index (χ0) is 20.9. The lowest BCUT2D eigenvalue weighted by Gasteiger charge is -2.55. The van der Waals surface area contributed by atoms with E-state index in [4.69, 9.17) is 4.74 Å². The molecule has 162 valence electrons. The van der Waals surface area contributed by atoms with Gasteiger partial charge in [-0.1, -0.05) is 12.2 Å². The first kappa shape index (κ1) is 21.9. The highest BCUT2D eigenvalue weighted by atomic mass is 16.5. The fraction of sp³-hybridized carbons (Fsp3) is 0.739. The molecule has 0 bridgehead atoms. The summed E-state index contributed by atoms with van der Waals surface area (Å²) in [5.74, 6) is 1.81. The third-order valence-electron chi connectivity index (χ3n) is 7.06. The van der Waals surface area contributed by atoms with Gasteiger partial charge in [-0.25, -0.2) is 9.79 Å². The van der Waals surface area contributed by atoms with Crippen LogP contribution in [0.3, 0.4) is 0 Å². The number of methoxy groups -OCH3 is 1. The number of ether oxygens (including phenoxy) is 1. The summed E-state index contributed by atoms with van der Waals surface area (Å²) in [6, 6.07) is 0.288. The maximum atomic E-state index is 11.4. The number of allylic oxidation sites excluding steroid dienone is 3. The number of nitrogens with one attached hydrogen (secondary N) is 1. The summed E-state index contributed by atoms with van der Waals surface area (Å²) in [6.45, 7) is 13.8. The number of alkyl carbamates (subject to hydrolysis) is 1. The Hall–Kier alpha value is -1.82. The smallest absolute Gasteiger partial charge is 0.407 e. The molecule has 6 nitrogen and oxygen atoms in total. The summed E-state index contributed by atoms with van der Waals surface area (Å²) >= 11 is 0. The molecule has 2 saturated heterocycles. The van der Waals surface area contributed by atoms with Gasteiger partial charge in [-0.3, -0.25) is 0 Å². The van der Waals surface area contributed by atoms with Crippen molar-refractivity contribution in [3.8, 4) is 0 Å². The van der Waals surface area contributed by atoms with Crippen LogP contribution in [-0.2, 0) is 4.74 Å². The molecule has 2 aliphatic heterocycles. The standard InChI is InChI=1S/C23H38N4O2/c1-5-6-18(2)21(24-3)27-16-23(17-27)11-13-26(14-12-23)15-19-7-9-20(10-8-19)25-22(28)29-4/h5-6,19-20H,3,7-17H2,1-2,4H3,(H,25,28)/b6-5+,21-18-. The van der Waals surface area contributed by atoms with Crippen LogP contribution in [0.1, 0.15) is 52.4 Å². The van der Waals surface area contributed by atoms with E-state index in [0.29, 0.717) is 5.41 Å². The number of carbonyl (C=O) groups is 1. The molecule has 6 heteroatoms. The lowest BCUT2D eigenvalue weighted by molar-refractivity contribution is -0.0312. The highest BCUT2D eigenvalue weighted by Gasteiger charge is 2.45. The van der Waals surface area contributed by atoms with Gasteiger partial charge in [0, 0.05) is 31.1 Å². The molecule has 2 heterocycles. The second-order valence-electron chi connectivity index (χ2n) is 9.17. The Morgan fingerprint density at radius 3 is 2.45 bits per heavy atom. The third-order valence-corrected chi connectivity index (χ3v) is 7.06. The summed E-state index contributed by atoms with van der Waals surface area (Å²) in [5.41, 5.74) is 1.68. The quantitative estimate of drug-likeness (QED) is 0.542. The Morgan fingerprint density at radius 1 is 1.24 bits per heavy atom. The Labute approximate surface area is 176 Å². The molecule has 1 saturated carbocycles. The number of piperidine rings is 1. The van der Waals surface area contributed by atoms with Crippen molar-refractivity contribution in [2.45, 2.75) is 58.4 Å². The van der Waals surface area contributed by atoms with Gasteiger partial charge in [-0.2, -0.15) is 0 Å². The van der Waals surface area contributed by atoms with Crippen LogP contribution < -0.4 is 5.32 Å². The van der Waals surface area contributed by atoms with E-state index in [1.165, 1.54) is 58.0 Å². The minimum atomic E-state index is -0.296. The van der Waals surface area contributed by atoms with Gasteiger partial charge in [0.25, 0.3) is 0 Å². The molecule has 29 heavy (non-hydrogen) atoms. The largest absolute Gasteiger partial charge is 0.453 e. The van der Waals surface area contributed by atoms with Gasteiger partial charge >= 0.3 is 6.09 Å². The van der Waals surface area contributed by atoms with Crippen LogP contribution in [0.15, 0.2) is 28.5 Å². The van der Waals surface area contributed by atoms with Crippen molar-refractivity contribution in [1.82, 2.24) is 15.1 Å². The van der Waals surface area contributed by atoms with Gasteiger partial charge in [0.2, 0.25) is 0 Å². The molecule has 0 atom stereocenters. The van der Waals surface area contributed by atoms with Crippen molar-refractivity contribution in [2.75, 3.05) is 39.8 Å². The van der Waals surface area contributed by atoms with E-state index < -0.39 is 0 Å². The van der Waals surface area contributed by atoms with Crippen LogP contribution in [0.5, 0.6) is 0 Å². The molecule has 3 rings (SSSR count). The number of likely N-dealkylation sites (tertiary alicyclic amines) is 2. The lowest BCUT2D eigenvalue weighted by atomic mass is 9.71. The summed E-state index contributed by atoms with van der Waals surface area (Å²) < 4.78 is 4.71. The third kappa shape index (κ3) is 5.41. The number of hydrogen-bond donors (Lipinski definition) is 1. The van der Waals surface area contributed by atoms with E-state index in [2.05, 4.69) is 45.9 Å². The highest BCUT2D eigenvalue weighted by molar-refractivity contribution is 5.67. The molecular weight excluding hydrogens is 364 g/mol. The average Bonchev–Trinajstić information content (AvgIpc) is 2.70. The number of hydrogen-bond acceptors (Lipinski definition) is 5. The van der Waals surface area contributed by atoms with Crippen LogP contribution in [0.2, 0.25) is 0 Å². The first-order valence-electron chi connectivity index (χ1n) is 11.1. The predicted octanol–water partition coefficient (Wildman–Crippen LogP) is 3.81. The van der Waals surface area contributed by atoms with Crippen molar-refractivity contribution in [3.05, 3.63) is 23.5 Å². The van der Waals surface area contributed by atoms with Gasteiger partial charge in [0.05, 0.1) is 7.11 Å². The number of aliphatic imine (C=N–C) groups is 1. The van der Waals surface area contributed by atoms with E-state index in [9.17, 15) is 4.79 Å². The first-order valence-corrected chi connectivity index (χ1v) is 11.1. The maximum Gasteiger partial charge on any atom is 0.407 e. The minimum absolute atomic E-state index is 0.288. The lowest BCUT2D eigenvalue weighted by Crippen LogP contribution is -2.59. The first-order chi connectivity index (χ1) is 14.0. The van der Waals surface area contributed by atoms with Crippen molar-refractivity contribution in [2.24, 2.45) is 16.3 Å². The zero-order valence-electron chi connectivity index (χ0n) is 18.5. The number of carbonyl (C=O) groups excluding carboxylic acids is 1. The molecule has 3 aliphatic rings. The van der Waals surface area contributed by atoms with Crippen molar-refractivity contribution in [1.29, 1.82) is 0 Å². The van der Waals surface area contributed by atoms with E-state index >= 15 is 0 Å². The average molecular weight is 403 g/mol. The Kier molecular flexibility index (Phi) is 7.38. The molecular formula is C23H38N4O2. The van der Waals surface area contributed by atoms with E-state index in [1.807, 2.05) is 6.92 Å². The number of rotatable bonds is 6. The van der Waals surface area contributed by atoms with Gasteiger partial charge in [-0.05, 0) is 83.7 Å². The number of nitrogens with zero attached hydrogens (tertiary/aromatic N) is 3. The van der Waals surface area contributed by atoms with Crippen molar-refractivity contribution in [3.63, 3.8) is 0 Å². The monoisotopic (exact) mass is 402 g/mol. The van der Waals surface area contributed by atoms with E-state index in [-0.39, 0.29) is 12.1 Å². The molecule has 0 aromatic carbocycles.